The number of alkyl halides is 2. The van der Waals surface area contributed by atoms with Gasteiger partial charge in [-0.2, -0.15) is 0 Å². The smallest absolute Gasteiger partial charge is 0.225 e. The molecule has 0 aliphatic carbocycles. The van der Waals surface area contributed by atoms with Gasteiger partial charge in [0, 0.05) is 19.4 Å². The van der Waals surface area contributed by atoms with Crippen molar-refractivity contribution in [3.63, 3.8) is 0 Å². The summed E-state index contributed by atoms with van der Waals surface area (Å²) in [7, 11) is 3.23. The summed E-state index contributed by atoms with van der Waals surface area (Å²) >= 11 is 2.95. The maximum Gasteiger partial charge on any atom is 0.225 e. The third-order valence-corrected chi connectivity index (χ3v) is 1.76. The van der Waals surface area contributed by atoms with E-state index in [1.54, 1.807) is 14.1 Å². The molecule has 0 saturated carbocycles. The highest BCUT2D eigenvalue weighted by Gasteiger charge is 2.11. The van der Waals surface area contributed by atoms with Gasteiger partial charge in [0.1, 0.15) is 6.17 Å². The molecule has 10 heavy (non-hydrogen) atoms. The van der Waals surface area contributed by atoms with Gasteiger partial charge < -0.3 is 4.90 Å². The van der Waals surface area contributed by atoms with E-state index in [0.717, 1.165) is 0 Å². The van der Waals surface area contributed by atoms with E-state index in [1.807, 2.05) is 0 Å². The second-order valence-corrected chi connectivity index (χ2v) is 2.89. The molecule has 4 heteroatoms. The minimum Gasteiger partial charge on any atom is -0.349 e. The number of carbonyl (C=O) groups is 1. The maximum absolute atomic E-state index is 12.4. The Bertz CT molecular complexity index is 118. The van der Waals surface area contributed by atoms with Gasteiger partial charge in [-0.3, -0.25) is 4.79 Å². The van der Waals surface area contributed by atoms with E-state index in [1.165, 1.54) is 4.90 Å². The Hall–Kier alpha value is -0.120. The minimum atomic E-state index is -1.06. The minimum absolute atomic E-state index is 0.0295. The molecule has 1 amide bonds. The van der Waals surface area contributed by atoms with Gasteiger partial charge in [0.2, 0.25) is 5.91 Å². The van der Waals surface area contributed by atoms with Crippen LogP contribution in [0.4, 0.5) is 4.39 Å². The van der Waals surface area contributed by atoms with E-state index in [4.69, 9.17) is 0 Å². The second-order valence-electron chi connectivity index (χ2n) is 2.24. The van der Waals surface area contributed by atoms with Gasteiger partial charge in [-0.1, -0.05) is 15.9 Å². The van der Waals surface area contributed by atoms with Crippen molar-refractivity contribution >= 4 is 21.8 Å². The lowest BCUT2D eigenvalue weighted by Gasteiger charge is -2.10. The number of hydrogen-bond donors (Lipinski definition) is 0. The summed E-state index contributed by atoms with van der Waals surface area (Å²) in [4.78, 5) is 12.2. The Morgan fingerprint density at radius 3 is 2.50 bits per heavy atom. The summed E-state index contributed by atoms with van der Waals surface area (Å²) < 4.78 is 12.4. The number of amides is 1. The first-order valence-corrected chi connectivity index (χ1v) is 4.10. The van der Waals surface area contributed by atoms with E-state index < -0.39 is 6.17 Å². The van der Waals surface area contributed by atoms with E-state index in [9.17, 15) is 9.18 Å². The van der Waals surface area contributed by atoms with Crippen molar-refractivity contribution in [3.05, 3.63) is 0 Å². The van der Waals surface area contributed by atoms with E-state index >= 15 is 0 Å². The normalized spacial score (nSPS) is 12.8. The van der Waals surface area contributed by atoms with Crippen LogP contribution in [-0.4, -0.2) is 36.4 Å². The second kappa shape index (κ2) is 4.66. The lowest BCUT2D eigenvalue weighted by atomic mass is 10.3. The molecule has 0 radical (unpaired) electrons. The molecule has 0 aromatic rings. The van der Waals surface area contributed by atoms with E-state index in [0.29, 0.717) is 0 Å². The molecule has 0 aromatic heterocycles. The number of rotatable bonds is 3. The van der Waals surface area contributed by atoms with Crippen LogP contribution in [0.25, 0.3) is 0 Å². The fourth-order valence-corrected chi connectivity index (χ4v) is 0.656. The summed E-state index contributed by atoms with van der Waals surface area (Å²) in [6.45, 7) is 0. The first kappa shape index (κ1) is 9.88. The molecule has 0 fully saturated rings. The van der Waals surface area contributed by atoms with Crippen LogP contribution in [0.5, 0.6) is 0 Å². The van der Waals surface area contributed by atoms with E-state index in [-0.39, 0.29) is 17.7 Å². The fourth-order valence-electron chi connectivity index (χ4n) is 0.427. The van der Waals surface area contributed by atoms with Crippen LogP contribution in [0.1, 0.15) is 6.42 Å². The highest BCUT2D eigenvalue weighted by atomic mass is 79.9. The summed E-state index contributed by atoms with van der Waals surface area (Å²) in [5.74, 6) is -0.174. The molecule has 0 aliphatic heterocycles. The van der Waals surface area contributed by atoms with Gasteiger partial charge in [-0.25, -0.2) is 4.39 Å². The molecule has 0 bridgehead atoms. The molecule has 60 valence electrons. The largest absolute Gasteiger partial charge is 0.349 e. The van der Waals surface area contributed by atoms with Gasteiger partial charge in [0.15, 0.2) is 0 Å². The first-order valence-electron chi connectivity index (χ1n) is 2.98. The SMILES string of the molecule is CN(C)C(=O)C[C@@H](F)CBr. The Morgan fingerprint density at radius 1 is 1.70 bits per heavy atom. The number of carbonyl (C=O) groups excluding carboxylic acids is 1. The highest BCUT2D eigenvalue weighted by molar-refractivity contribution is 9.09. The van der Waals surface area contributed by atoms with Gasteiger partial charge in [0.05, 0.1) is 6.42 Å². The Kier molecular flexibility index (Phi) is 4.60. The van der Waals surface area contributed by atoms with Crippen LogP contribution in [0.3, 0.4) is 0 Å². The van der Waals surface area contributed by atoms with Crippen molar-refractivity contribution in [3.8, 4) is 0 Å². The third kappa shape index (κ3) is 3.82. The van der Waals surface area contributed by atoms with Crippen molar-refractivity contribution in [2.45, 2.75) is 12.6 Å². The van der Waals surface area contributed by atoms with Crippen LogP contribution in [0.2, 0.25) is 0 Å². The predicted octanol–water partition coefficient (Wildman–Crippen LogP) is 1.20. The zero-order valence-electron chi connectivity index (χ0n) is 6.10. The van der Waals surface area contributed by atoms with Gasteiger partial charge in [-0.05, 0) is 0 Å². The fraction of sp³-hybridized carbons (Fsp3) is 0.833. The van der Waals surface area contributed by atoms with Crippen LogP contribution >= 0.6 is 15.9 Å². The number of nitrogens with zero attached hydrogens (tertiary/aromatic N) is 1. The molecular formula is C6H11BrFNO. The quantitative estimate of drug-likeness (QED) is 0.643. The van der Waals surface area contributed by atoms with E-state index in [2.05, 4.69) is 15.9 Å². The lowest BCUT2D eigenvalue weighted by Crippen LogP contribution is -2.25. The summed E-state index contributed by atoms with van der Waals surface area (Å²) in [6.07, 6.45) is -1.09. The molecule has 0 aromatic carbocycles. The lowest BCUT2D eigenvalue weighted by molar-refractivity contribution is -0.129. The maximum atomic E-state index is 12.4. The standard InChI is InChI=1S/C6H11BrFNO/c1-9(2)6(10)3-5(8)4-7/h5H,3-4H2,1-2H3/t5-/m1/s1. The molecule has 0 rings (SSSR count). The molecule has 0 spiro atoms. The first-order chi connectivity index (χ1) is 4.57. The molecule has 0 saturated heterocycles. The Labute approximate surface area is 68.5 Å². The molecule has 1 atom stereocenters. The molecule has 2 nitrogen and oxygen atoms in total. The van der Waals surface area contributed by atoms with Crippen LogP contribution in [0.15, 0.2) is 0 Å². The average Bonchev–Trinajstić information content (AvgIpc) is 1.87. The van der Waals surface area contributed by atoms with Crippen LogP contribution in [-0.2, 0) is 4.79 Å². The van der Waals surface area contributed by atoms with Gasteiger partial charge in [0.25, 0.3) is 0 Å². The van der Waals surface area contributed by atoms with Crippen molar-refractivity contribution in [1.29, 1.82) is 0 Å². The summed E-state index contributed by atoms with van der Waals surface area (Å²) in [5, 5.41) is 0.229. The number of halogens is 2. The van der Waals surface area contributed by atoms with Crippen LogP contribution in [0, 0.1) is 0 Å². The van der Waals surface area contributed by atoms with Crippen molar-refractivity contribution < 1.29 is 9.18 Å². The molecule has 0 unspecified atom stereocenters. The third-order valence-electron chi connectivity index (χ3n) is 1.06. The summed E-state index contributed by atoms with van der Waals surface area (Å²) in [5.41, 5.74) is 0. The Balaban J connectivity index is 3.57. The summed E-state index contributed by atoms with van der Waals surface area (Å²) in [6, 6.07) is 0. The average molecular weight is 212 g/mol. The molecule has 0 heterocycles. The van der Waals surface area contributed by atoms with Gasteiger partial charge in [-0.15, -0.1) is 0 Å². The molecular weight excluding hydrogens is 201 g/mol. The predicted molar refractivity (Wildman–Crippen MR) is 42.0 cm³/mol. The van der Waals surface area contributed by atoms with Crippen molar-refractivity contribution in [2.75, 3.05) is 19.4 Å². The van der Waals surface area contributed by atoms with Gasteiger partial charge >= 0.3 is 0 Å². The molecule has 0 aliphatic rings. The topological polar surface area (TPSA) is 20.3 Å². The Morgan fingerprint density at radius 2 is 2.20 bits per heavy atom. The monoisotopic (exact) mass is 211 g/mol. The van der Waals surface area contributed by atoms with Crippen molar-refractivity contribution in [1.82, 2.24) is 4.90 Å². The number of hydrogen-bond acceptors (Lipinski definition) is 1. The highest BCUT2D eigenvalue weighted by Crippen LogP contribution is 2.03. The zero-order valence-corrected chi connectivity index (χ0v) is 7.69. The van der Waals surface area contributed by atoms with Crippen molar-refractivity contribution in [2.24, 2.45) is 0 Å². The zero-order chi connectivity index (χ0) is 8.15. The molecule has 0 N–H and O–H groups in total. The van der Waals surface area contributed by atoms with Crippen LogP contribution < -0.4 is 0 Å².